The first-order valence-corrected chi connectivity index (χ1v) is 14.7. The number of rotatable bonds is 6. The number of nitrogens with zero attached hydrogens (tertiary/aromatic N) is 12. The Labute approximate surface area is 240 Å². The molecule has 6 aliphatic rings. The van der Waals surface area contributed by atoms with Crippen LogP contribution in [0, 0.1) is 0 Å². The third-order valence-electron chi connectivity index (χ3n) is 9.38. The molecule has 0 bridgehead atoms. The highest BCUT2D eigenvalue weighted by Crippen LogP contribution is 2.48. The van der Waals surface area contributed by atoms with Crippen LogP contribution in [0.2, 0.25) is 0 Å². The summed E-state index contributed by atoms with van der Waals surface area (Å²) in [7, 11) is 0. The molecule has 3 saturated carbocycles. The summed E-state index contributed by atoms with van der Waals surface area (Å²) in [5, 5.41) is 15.9. The van der Waals surface area contributed by atoms with Gasteiger partial charge in [-0.1, -0.05) is 33.3 Å². The van der Waals surface area contributed by atoms with E-state index in [2.05, 4.69) is 40.1 Å². The van der Waals surface area contributed by atoms with Crippen LogP contribution in [0.1, 0.15) is 70.6 Å². The minimum atomic E-state index is -1.21. The van der Waals surface area contributed by atoms with Crippen molar-refractivity contribution >= 4 is 0 Å². The average molecular weight is 587 g/mol. The van der Waals surface area contributed by atoms with Gasteiger partial charge in [0.25, 0.3) is 0 Å². The highest BCUT2D eigenvalue weighted by Gasteiger charge is 2.60. The van der Waals surface area contributed by atoms with Crippen molar-refractivity contribution in [3.8, 4) is 0 Å². The molecular formula is C24H34N12O6. The Morgan fingerprint density at radius 2 is 1.19 bits per heavy atom. The van der Waals surface area contributed by atoms with E-state index in [1.165, 1.54) is 0 Å². The van der Waals surface area contributed by atoms with Crippen LogP contribution in [0.4, 0.5) is 0 Å². The first kappa shape index (κ1) is 29.1. The van der Waals surface area contributed by atoms with E-state index in [1.807, 2.05) is 0 Å². The summed E-state index contributed by atoms with van der Waals surface area (Å²) in [4.78, 5) is 12.0. The molecule has 3 aliphatic heterocycles. The predicted octanol–water partition coefficient (Wildman–Crippen LogP) is 5.74. The van der Waals surface area contributed by atoms with Crippen molar-refractivity contribution in [3.63, 3.8) is 0 Å². The maximum Gasteiger partial charge on any atom is 0.169 e. The van der Waals surface area contributed by atoms with Crippen LogP contribution in [0.3, 0.4) is 0 Å². The molecule has 7 unspecified atom stereocenters. The molecule has 6 fully saturated rings. The molecule has 0 aromatic heterocycles. The first-order chi connectivity index (χ1) is 20.5. The fourth-order valence-corrected chi connectivity index (χ4v) is 7.49. The lowest BCUT2D eigenvalue weighted by Gasteiger charge is -2.52. The Kier molecular flexibility index (Phi) is 8.53. The molecule has 18 heteroatoms. The highest BCUT2D eigenvalue weighted by atomic mass is 16.8. The number of hydrogen-bond donors (Lipinski definition) is 0. The lowest BCUT2D eigenvalue weighted by molar-refractivity contribution is -0.375. The Morgan fingerprint density at radius 1 is 0.619 bits per heavy atom. The minimum absolute atomic E-state index is 0.152. The van der Waals surface area contributed by atoms with Gasteiger partial charge in [0.2, 0.25) is 0 Å². The van der Waals surface area contributed by atoms with E-state index < -0.39 is 72.6 Å². The van der Waals surface area contributed by atoms with Crippen molar-refractivity contribution in [2.75, 3.05) is 6.61 Å². The number of azide groups is 4. The van der Waals surface area contributed by atoms with E-state index >= 15 is 0 Å². The van der Waals surface area contributed by atoms with Crippen LogP contribution >= 0.6 is 0 Å². The van der Waals surface area contributed by atoms with Crippen molar-refractivity contribution in [3.05, 3.63) is 41.8 Å². The van der Waals surface area contributed by atoms with Crippen LogP contribution < -0.4 is 0 Å². The van der Waals surface area contributed by atoms with E-state index in [0.29, 0.717) is 25.7 Å². The summed E-state index contributed by atoms with van der Waals surface area (Å²) in [5.41, 5.74) is 37.6. The van der Waals surface area contributed by atoms with Gasteiger partial charge in [-0.2, -0.15) is 0 Å². The lowest BCUT2D eigenvalue weighted by Crippen LogP contribution is -2.66. The van der Waals surface area contributed by atoms with Crippen molar-refractivity contribution in [1.29, 1.82) is 0 Å². The van der Waals surface area contributed by atoms with E-state index in [9.17, 15) is 22.1 Å². The Morgan fingerprint density at radius 3 is 1.86 bits per heavy atom. The van der Waals surface area contributed by atoms with E-state index in [0.717, 1.165) is 38.5 Å². The zero-order valence-electron chi connectivity index (χ0n) is 23.1. The third kappa shape index (κ3) is 5.43. The molecule has 0 N–H and O–H groups in total. The summed E-state index contributed by atoms with van der Waals surface area (Å²) < 4.78 is 38.5. The SMILES string of the molecule is [N-]=[N+]=NC1CC(N=[N+]=[N-])[C@@H](O[C@H]2OC3COC4(CCCCC4)O[C@H]3C(N=[N+]=[N-])C2N=[N+]=[N-])C2OC3(CCCCC3)OC12. The van der Waals surface area contributed by atoms with E-state index in [1.54, 1.807) is 0 Å². The number of ether oxygens (including phenoxy) is 6. The monoisotopic (exact) mass is 586 g/mol. The second-order valence-electron chi connectivity index (χ2n) is 11.8. The summed E-state index contributed by atoms with van der Waals surface area (Å²) in [5.74, 6) is -1.66. The zero-order chi connectivity index (χ0) is 29.2. The normalized spacial score (nSPS) is 41.6. The fraction of sp³-hybridized carbons (Fsp3) is 1.00. The van der Waals surface area contributed by atoms with Gasteiger partial charge in [-0.25, -0.2) is 0 Å². The van der Waals surface area contributed by atoms with Crippen LogP contribution in [0.5, 0.6) is 0 Å². The maximum atomic E-state index is 9.50. The van der Waals surface area contributed by atoms with Crippen molar-refractivity contribution in [1.82, 2.24) is 0 Å². The molecule has 0 aromatic rings. The van der Waals surface area contributed by atoms with Crippen molar-refractivity contribution in [2.45, 2.75) is 143 Å². The van der Waals surface area contributed by atoms with Gasteiger partial charge in [0.15, 0.2) is 17.9 Å². The Balaban J connectivity index is 1.31. The van der Waals surface area contributed by atoms with Gasteiger partial charge < -0.3 is 28.4 Å². The van der Waals surface area contributed by atoms with Gasteiger partial charge in [0.05, 0.1) is 49.1 Å². The smallest absolute Gasteiger partial charge is 0.169 e. The molecular weight excluding hydrogens is 552 g/mol. The molecule has 42 heavy (non-hydrogen) atoms. The molecule has 18 nitrogen and oxygen atoms in total. The standard InChI is InChI=1S/C24H34N12O6/c25-33-29-13-11-14(30-34-26)19-21(42-24(40-19)9-5-2-6-10-24)18(13)39-22-17(32-36-28)16(31-35-27)20-15(38-22)12-37-23(41-20)7-3-1-4-8-23/h13-22H,1-12H2/t13?,14?,15?,16?,17?,18-,19?,20-,21?,22-/m1/s1. The summed E-state index contributed by atoms with van der Waals surface area (Å²) >= 11 is 0. The largest absolute Gasteiger partial charge is 0.347 e. The van der Waals surface area contributed by atoms with Crippen LogP contribution in [0.25, 0.3) is 41.8 Å². The quantitative estimate of drug-likeness (QED) is 0.213. The second-order valence-corrected chi connectivity index (χ2v) is 11.8. The lowest BCUT2D eigenvalue weighted by atomic mass is 9.84. The van der Waals surface area contributed by atoms with Crippen molar-refractivity contribution < 1.29 is 28.4 Å². The van der Waals surface area contributed by atoms with Gasteiger partial charge in [0.1, 0.15) is 12.2 Å². The summed E-state index contributed by atoms with van der Waals surface area (Å²) in [6.07, 6.45) is 3.83. The molecule has 6 rings (SSSR count). The van der Waals surface area contributed by atoms with Gasteiger partial charge in [0, 0.05) is 45.3 Å². The summed E-state index contributed by atoms with van der Waals surface area (Å²) in [6, 6.07) is -3.51. The van der Waals surface area contributed by atoms with Gasteiger partial charge >= 0.3 is 0 Å². The summed E-state index contributed by atoms with van der Waals surface area (Å²) in [6.45, 7) is 0.170. The number of hydrogen-bond acceptors (Lipinski definition) is 10. The molecule has 0 aromatic carbocycles. The molecule has 3 saturated heterocycles. The minimum Gasteiger partial charge on any atom is -0.347 e. The first-order valence-electron chi connectivity index (χ1n) is 14.7. The van der Waals surface area contributed by atoms with Crippen LogP contribution in [-0.4, -0.2) is 79.2 Å². The van der Waals surface area contributed by atoms with Crippen LogP contribution in [0.15, 0.2) is 20.5 Å². The van der Waals surface area contributed by atoms with E-state index in [-0.39, 0.29) is 13.0 Å². The molecule has 226 valence electrons. The molecule has 0 amide bonds. The zero-order valence-corrected chi connectivity index (χ0v) is 23.1. The third-order valence-corrected chi connectivity index (χ3v) is 9.38. The van der Waals surface area contributed by atoms with Gasteiger partial charge in [-0.3, -0.25) is 0 Å². The predicted molar refractivity (Wildman–Crippen MR) is 142 cm³/mol. The van der Waals surface area contributed by atoms with Crippen LogP contribution in [-0.2, 0) is 28.4 Å². The molecule has 2 spiro atoms. The molecule has 3 heterocycles. The van der Waals surface area contributed by atoms with E-state index in [4.69, 9.17) is 28.4 Å². The Hall–Kier alpha value is -3.00. The molecule has 3 aliphatic carbocycles. The van der Waals surface area contributed by atoms with Gasteiger partial charge in [-0.05, 0) is 54.2 Å². The van der Waals surface area contributed by atoms with Crippen molar-refractivity contribution in [2.24, 2.45) is 20.5 Å². The maximum absolute atomic E-state index is 9.50. The number of fused-ring (bicyclic) bond motifs is 2. The molecule has 0 radical (unpaired) electrons. The highest BCUT2D eigenvalue weighted by molar-refractivity contribution is 5.08. The fourth-order valence-electron chi connectivity index (χ4n) is 7.49. The topological polar surface area (TPSA) is 250 Å². The second kappa shape index (κ2) is 12.3. The van der Waals surface area contributed by atoms with Gasteiger partial charge in [-0.15, -0.1) is 0 Å². The molecule has 10 atom stereocenters. The Bertz CT molecular complexity index is 1200. The average Bonchev–Trinajstić information content (AvgIpc) is 3.36.